The maximum absolute atomic E-state index is 12.2. The molecule has 2 aliphatic heterocycles. The van der Waals surface area contributed by atoms with Crippen LogP contribution in [-0.2, 0) is 0 Å². The third kappa shape index (κ3) is 11.1. The number of amides is 1. The normalized spacial score (nSPS) is 16.0. The molecule has 236 valence electrons. The van der Waals surface area contributed by atoms with Crippen molar-refractivity contribution in [3.63, 3.8) is 0 Å². The van der Waals surface area contributed by atoms with Crippen LogP contribution in [-0.4, -0.2) is 103 Å². The second kappa shape index (κ2) is 16.9. The summed E-state index contributed by atoms with van der Waals surface area (Å²) >= 11 is 0. The summed E-state index contributed by atoms with van der Waals surface area (Å²) in [5.74, 6) is -1.35. The van der Waals surface area contributed by atoms with Gasteiger partial charge in [-0.1, -0.05) is 0 Å². The van der Waals surface area contributed by atoms with Crippen molar-refractivity contribution in [2.75, 3.05) is 54.5 Å². The van der Waals surface area contributed by atoms with E-state index >= 15 is 0 Å². The predicted octanol–water partition coefficient (Wildman–Crippen LogP) is 2.77. The highest BCUT2D eigenvalue weighted by molar-refractivity contribution is 5.95. The Kier molecular flexibility index (Phi) is 13.7. The Labute approximate surface area is 249 Å². The fourth-order valence-electron chi connectivity index (χ4n) is 4.38. The molecular weight excluding hydrogens is 564 g/mol. The van der Waals surface area contributed by atoms with Gasteiger partial charge in [-0.3, -0.25) is 25.0 Å². The van der Waals surface area contributed by atoms with E-state index in [0.29, 0.717) is 11.6 Å². The summed E-state index contributed by atoms with van der Waals surface area (Å²) in [6, 6.07) is 8.14. The van der Waals surface area contributed by atoms with Crippen LogP contribution in [0, 0.1) is 20.2 Å². The van der Waals surface area contributed by atoms with Crippen LogP contribution in [0.15, 0.2) is 36.4 Å². The van der Waals surface area contributed by atoms with Gasteiger partial charge in [-0.25, -0.2) is 4.79 Å². The van der Waals surface area contributed by atoms with Gasteiger partial charge in [0, 0.05) is 41.9 Å². The molecule has 2 aromatic rings. The standard InChI is InChI=1S/C14H19N3O4.C8H7NO5.C6H14N2/c1-16-7-5-11(6-8-16)15-14(18)10-3-4-12(17(19)20)13(9-10)21-2;1-14-7-4-5(8(10)11)2-3-6(7)9(12)13;1-8-4-2-6(7)3-5-8/h3-4,9,11H,5-8H2,1-2H3,(H,15,18);2-4H,1H3,(H,10,11);6H,2-5,7H2,1H3. The first-order valence-electron chi connectivity index (χ1n) is 13.7. The number of carboxylic acids is 1. The Morgan fingerprint density at radius 2 is 1.26 bits per heavy atom. The van der Waals surface area contributed by atoms with Crippen molar-refractivity contribution in [3.8, 4) is 11.5 Å². The summed E-state index contributed by atoms with van der Waals surface area (Å²) in [6.07, 6.45) is 4.17. The van der Waals surface area contributed by atoms with Gasteiger partial charge in [0.15, 0.2) is 11.5 Å². The van der Waals surface area contributed by atoms with Gasteiger partial charge < -0.3 is 35.4 Å². The van der Waals surface area contributed by atoms with Gasteiger partial charge in [0.25, 0.3) is 5.91 Å². The maximum atomic E-state index is 12.2. The van der Waals surface area contributed by atoms with Crippen molar-refractivity contribution in [3.05, 3.63) is 67.8 Å². The van der Waals surface area contributed by atoms with Crippen molar-refractivity contribution < 1.29 is 34.0 Å². The number of nitrogens with zero attached hydrogens (tertiary/aromatic N) is 4. The van der Waals surface area contributed by atoms with E-state index in [1.54, 1.807) is 0 Å². The summed E-state index contributed by atoms with van der Waals surface area (Å²) in [5, 5.41) is 32.8. The van der Waals surface area contributed by atoms with Crippen molar-refractivity contribution in [1.29, 1.82) is 0 Å². The fraction of sp³-hybridized carbons (Fsp3) is 0.500. The van der Waals surface area contributed by atoms with Crippen molar-refractivity contribution in [2.45, 2.75) is 37.8 Å². The number of rotatable bonds is 7. The third-order valence-corrected chi connectivity index (χ3v) is 7.08. The number of nitro groups is 2. The smallest absolute Gasteiger partial charge is 0.335 e. The van der Waals surface area contributed by atoms with Crippen LogP contribution < -0.4 is 20.5 Å². The zero-order valence-electron chi connectivity index (χ0n) is 24.9. The van der Waals surface area contributed by atoms with Gasteiger partial charge in [0.1, 0.15) is 0 Å². The molecule has 2 fully saturated rings. The van der Waals surface area contributed by atoms with E-state index in [2.05, 4.69) is 29.2 Å². The zero-order valence-corrected chi connectivity index (χ0v) is 24.9. The number of carboxylic acid groups (broad SMARTS) is 1. The van der Waals surface area contributed by atoms with Gasteiger partial charge in [0.05, 0.1) is 29.6 Å². The lowest BCUT2D eigenvalue weighted by Gasteiger charge is -2.29. The van der Waals surface area contributed by atoms with Crippen molar-refractivity contribution in [2.24, 2.45) is 5.73 Å². The van der Waals surface area contributed by atoms with E-state index in [4.69, 9.17) is 20.3 Å². The molecule has 2 heterocycles. The molecule has 2 saturated heterocycles. The summed E-state index contributed by atoms with van der Waals surface area (Å²) in [7, 11) is 6.79. The first-order valence-corrected chi connectivity index (χ1v) is 13.7. The molecule has 1 amide bonds. The number of aromatic carboxylic acids is 1. The number of methoxy groups -OCH3 is 2. The molecule has 0 bridgehead atoms. The number of ether oxygens (including phenoxy) is 2. The number of hydrogen-bond acceptors (Lipinski definition) is 11. The van der Waals surface area contributed by atoms with E-state index in [9.17, 15) is 29.8 Å². The van der Waals surface area contributed by atoms with Crippen LogP contribution >= 0.6 is 0 Å². The Hall–Kier alpha value is -4.34. The SMILES string of the molecule is CN1CCC(N)CC1.COc1cc(C(=O)NC2CCN(C)CC2)ccc1[N+](=O)[O-].COc1cc(C(=O)O)ccc1[N+](=O)[O-]. The monoisotopic (exact) mass is 604 g/mol. The quantitative estimate of drug-likeness (QED) is 0.308. The number of nitrogens with two attached hydrogens (primary N) is 1. The van der Waals surface area contributed by atoms with Crippen LogP contribution in [0.1, 0.15) is 46.4 Å². The molecule has 2 aliphatic rings. The van der Waals surface area contributed by atoms with Gasteiger partial charge in [-0.15, -0.1) is 0 Å². The average Bonchev–Trinajstić information content (AvgIpc) is 2.99. The molecule has 0 unspecified atom stereocenters. The van der Waals surface area contributed by atoms with Gasteiger partial charge >= 0.3 is 17.3 Å². The van der Waals surface area contributed by atoms with Crippen molar-refractivity contribution in [1.82, 2.24) is 15.1 Å². The topological polar surface area (TPSA) is 204 Å². The molecular formula is C28H40N6O9. The molecule has 43 heavy (non-hydrogen) atoms. The van der Waals surface area contributed by atoms with Gasteiger partial charge in [0.2, 0.25) is 0 Å². The van der Waals surface area contributed by atoms with Crippen LogP contribution in [0.4, 0.5) is 11.4 Å². The highest BCUT2D eigenvalue weighted by atomic mass is 16.6. The molecule has 0 saturated carbocycles. The number of nitro benzene ring substituents is 2. The minimum absolute atomic E-state index is 0.0487. The Balaban J connectivity index is 0.000000251. The lowest BCUT2D eigenvalue weighted by molar-refractivity contribution is -0.385. The van der Waals surface area contributed by atoms with E-state index in [1.807, 2.05) is 0 Å². The van der Waals surface area contributed by atoms with E-state index < -0.39 is 15.8 Å². The number of carbonyl (C=O) groups is 2. The first-order chi connectivity index (χ1) is 20.4. The first kappa shape index (κ1) is 34.9. The van der Waals surface area contributed by atoms with Crippen LogP contribution in [0.25, 0.3) is 0 Å². The van der Waals surface area contributed by atoms with Crippen LogP contribution in [0.2, 0.25) is 0 Å². The largest absolute Gasteiger partial charge is 0.490 e. The molecule has 15 heteroatoms. The third-order valence-electron chi connectivity index (χ3n) is 7.08. The number of nitrogens with one attached hydrogen (secondary N) is 1. The van der Waals surface area contributed by atoms with Crippen molar-refractivity contribution >= 4 is 23.3 Å². The van der Waals surface area contributed by atoms with E-state index in [-0.39, 0.29) is 40.4 Å². The zero-order chi connectivity index (χ0) is 32.1. The maximum Gasteiger partial charge on any atom is 0.335 e. The summed E-state index contributed by atoms with van der Waals surface area (Å²) < 4.78 is 9.67. The number of likely N-dealkylation sites (tertiary alicyclic amines) is 2. The Morgan fingerprint density at radius 3 is 1.65 bits per heavy atom. The Bertz CT molecular complexity index is 1250. The molecule has 4 rings (SSSR count). The van der Waals surface area contributed by atoms with Crippen LogP contribution in [0.3, 0.4) is 0 Å². The summed E-state index contributed by atoms with van der Waals surface area (Å²) in [6.45, 7) is 4.27. The van der Waals surface area contributed by atoms with Gasteiger partial charge in [-0.05, 0) is 78.1 Å². The lowest BCUT2D eigenvalue weighted by atomic mass is 10.0. The molecule has 0 spiro atoms. The highest BCUT2D eigenvalue weighted by Crippen LogP contribution is 2.28. The molecule has 2 aromatic carbocycles. The Morgan fingerprint density at radius 1 is 0.837 bits per heavy atom. The predicted molar refractivity (Wildman–Crippen MR) is 159 cm³/mol. The highest BCUT2D eigenvalue weighted by Gasteiger charge is 2.22. The van der Waals surface area contributed by atoms with E-state index in [0.717, 1.165) is 44.1 Å². The molecule has 0 radical (unpaired) electrons. The minimum atomic E-state index is -1.15. The number of piperidine rings is 2. The number of benzene rings is 2. The molecule has 4 N–H and O–H groups in total. The second-order valence-electron chi connectivity index (χ2n) is 10.3. The minimum Gasteiger partial charge on any atom is -0.490 e. The molecule has 0 aromatic heterocycles. The fourth-order valence-corrected chi connectivity index (χ4v) is 4.38. The molecule has 0 atom stereocenters. The number of carbonyl (C=O) groups excluding carboxylic acids is 1. The van der Waals surface area contributed by atoms with Gasteiger partial charge in [-0.2, -0.15) is 0 Å². The summed E-state index contributed by atoms with van der Waals surface area (Å²) in [5.41, 5.74) is 5.60. The van der Waals surface area contributed by atoms with E-state index in [1.165, 1.54) is 58.3 Å². The second-order valence-corrected chi connectivity index (χ2v) is 10.3. The average molecular weight is 605 g/mol. The molecule has 0 aliphatic carbocycles. The van der Waals surface area contributed by atoms with Crippen LogP contribution in [0.5, 0.6) is 11.5 Å². The summed E-state index contributed by atoms with van der Waals surface area (Å²) in [4.78, 5) is 47.4. The lowest BCUT2D eigenvalue weighted by Crippen LogP contribution is -2.43. The number of hydrogen-bond donors (Lipinski definition) is 3. The molecule has 15 nitrogen and oxygen atoms in total.